The quantitative estimate of drug-likeness (QED) is 0.857. The Morgan fingerprint density at radius 3 is 2.57 bits per heavy atom. The van der Waals surface area contributed by atoms with Crippen LogP contribution >= 0.6 is 0 Å². The van der Waals surface area contributed by atoms with E-state index in [4.69, 9.17) is 5.11 Å². The van der Waals surface area contributed by atoms with Crippen molar-refractivity contribution in [2.75, 3.05) is 0 Å². The van der Waals surface area contributed by atoms with E-state index in [2.05, 4.69) is 5.32 Å². The van der Waals surface area contributed by atoms with Gasteiger partial charge in [-0.15, -0.1) is 0 Å². The summed E-state index contributed by atoms with van der Waals surface area (Å²) in [4.78, 5) is 22.4. The topological polar surface area (TPSA) is 66.4 Å². The first-order valence-corrected chi connectivity index (χ1v) is 7.03. The van der Waals surface area contributed by atoms with Gasteiger partial charge in [0.1, 0.15) is 0 Å². The first-order chi connectivity index (χ1) is 10.0. The molecule has 4 nitrogen and oxygen atoms in total. The smallest absolute Gasteiger partial charge is 0.303 e. The number of rotatable bonds is 6. The first kappa shape index (κ1) is 15.0. The molecule has 0 aliphatic rings. The van der Waals surface area contributed by atoms with Crippen molar-refractivity contribution in [1.29, 1.82) is 0 Å². The summed E-state index contributed by atoms with van der Waals surface area (Å²) in [6.45, 7) is 1.82. The number of aliphatic carboxylic acids is 1. The van der Waals surface area contributed by atoms with Gasteiger partial charge < -0.3 is 10.4 Å². The zero-order valence-electron chi connectivity index (χ0n) is 12.0. The van der Waals surface area contributed by atoms with Crippen molar-refractivity contribution in [3.8, 4) is 0 Å². The van der Waals surface area contributed by atoms with E-state index < -0.39 is 5.97 Å². The summed E-state index contributed by atoms with van der Waals surface area (Å²) < 4.78 is 0. The number of carboxylic acid groups (broad SMARTS) is 1. The number of nitrogens with one attached hydrogen (secondary N) is 1. The van der Waals surface area contributed by atoms with Gasteiger partial charge >= 0.3 is 5.97 Å². The minimum Gasteiger partial charge on any atom is -0.481 e. The molecule has 2 N–H and O–H groups in total. The molecule has 2 rings (SSSR count). The predicted octanol–water partition coefficient (Wildman–Crippen LogP) is 2.75. The van der Waals surface area contributed by atoms with E-state index in [1.54, 1.807) is 0 Å². The summed E-state index contributed by atoms with van der Waals surface area (Å²) in [6.07, 6.45) is 0.818. The molecule has 0 spiro atoms. The minimum absolute atomic E-state index is 0.0669. The Labute approximate surface area is 123 Å². The molecule has 2 aromatic rings. The van der Waals surface area contributed by atoms with E-state index in [0.29, 0.717) is 12.8 Å². The largest absolute Gasteiger partial charge is 0.481 e. The number of carbonyl (C=O) groups excluding carboxylic acids is 1. The first-order valence-electron chi connectivity index (χ1n) is 7.03. The molecule has 0 fully saturated rings. The lowest BCUT2D eigenvalue weighted by Gasteiger charge is -2.13. The molecule has 0 heterocycles. The van der Waals surface area contributed by atoms with Gasteiger partial charge in [0, 0.05) is 12.5 Å². The highest BCUT2D eigenvalue weighted by Gasteiger charge is 2.10. The maximum atomic E-state index is 11.9. The Balaban J connectivity index is 1.93. The Hall–Kier alpha value is -2.36. The van der Waals surface area contributed by atoms with Gasteiger partial charge in [0.2, 0.25) is 5.91 Å². The fourth-order valence-electron chi connectivity index (χ4n) is 2.27. The van der Waals surface area contributed by atoms with Crippen LogP contribution in [0.4, 0.5) is 0 Å². The van der Waals surface area contributed by atoms with Gasteiger partial charge in [-0.3, -0.25) is 9.59 Å². The van der Waals surface area contributed by atoms with E-state index in [0.717, 1.165) is 16.3 Å². The van der Waals surface area contributed by atoms with Crippen molar-refractivity contribution >= 4 is 22.6 Å². The summed E-state index contributed by atoms with van der Waals surface area (Å²) >= 11 is 0. The predicted molar refractivity (Wildman–Crippen MR) is 82.1 cm³/mol. The molecule has 0 saturated carbocycles. The lowest BCUT2D eigenvalue weighted by atomic mass is 10.0. The molecule has 2 aromatic carbocycles. The average Bonchev–Trinajstić information content (AvgIpc) is 2.45. The van der Waals surface area contributed by atoms with Gasteiger partial charge in [-0.2, -0.15) is 0 Å². The van der Waals surface area contributed by atoms with Crippen LogP contribution in [-0.2, 0) is 16.0 Å². The highest BCUT2D eigenvalue weighted by molar-refractivity contribution is 5.85. The summed E-state index contributed by atoms with van der Waals surface area (Å²) in [5, 5.41) is 13.7. The van der Waals surface area contributed by atoms with Crippen LogP contribution in [-0.4, -0.2) is 23.0 Å². The van der Waals surface area contributed by atoms with Gasteiger partial charge in [-0.05, 0) is 29.7 Å². The third-order valence-corrected chi connectivity index (χ3v) is 3.38. The van der Waals surface area contributed by atoms with Gasteiger partial charge in [-0.1, -0.05) is 42.5 Å². The molecule has 1 unspecified atom stereocenters. The normalized spacial score (nSPS) is 12.0. The van der Waals surface area contributed by atoms with Crippen molar-refractivity contribution < 1.29 is 14.7 Å². The highest BCUT2D eigenvalue weighted by Crippen LogP contribution is 2.16. The molecule has 0 bridgehead atoms. The summed E-state index contributed by atoms with van der Waals surface area (Å²) in [7, 11) is 0. The molecule has 1 atom stereocenters. The lowest BCUT2D eigenvalue weighted by Crippen LogP contribution is -2.34. The number of benzene rings is 2. The van der Waals surface area contributed by atoms with Crippen LogP contribution in [0.3, 0.4) is 0 Å². The van der Waals surface area contributed by atoms with Crippen LogP contribution in [0.25, 0.3) is 10.8 Å². The van der Waals surface area contributed by atoms with Crippen molar-refractivity contribution in [2.45, 2.75) is 32.2 Å². The molecule has 21 heavy (non-hydrogen) atoms. The molecule has 0 aliphatic heterocycles. The molecule has 0 aliphatic carbocycles. The maximum Gasteiger partial charge on any atom is 0.303 e. The van der Waals surface area contributed by atoms with Crippen LogP contribution < -0.4 is 5.32 Å². The van der Waals surface area contributed by atoms with Crippen molar-refractivity contribution in [3.05, 3.63) is 48.0 Å². The fraction of sp³-hybridized carbons (Fsp3) is 0.294. The average molecular weight is 285 g/mol. The maximum absolute atomic E-state index is 11.9. The van der Waals surface area contributed by atoms with Gasteiger partial charge in [0.25, 0.3) is 0 Å². The third kappa shape index (κ3) is 4.60. The fourth-order valence-corrected chi connectivity index (χ4v) is 2.27. The van der Waals surface area contributed by atoms with Crippen molar-refractivity contribution in [2.24, 2.45) is 0 Å². The summed E-state index contributed by atoms with van der Waals surface area (Å²) in [5.74, 6) is -0.922. The number of hydrogen-bond donors (Lipinski definition) is 2. The van der Waals surface area contributed by atoms with Crippen LogP contribution in [0, 0.1) is 0 Å². The summed E-state index contributed by atoms with van der Waals surface area (Å²) in [5.41, 5.74) is 0.955. The molecule has 0 aromatic heterocycles. The van der Waals surface area contributed by atoms with Crippen molar-refractivity contribution in [3.63, 3.8) is 0 Å². The minimum atomic E-state index is -0.842. The van der Waals surface area contributed by atoms with Crippen LogP contribution in [0.2, 0.25) is 0 Å². The summed E-state index contributed by atoms with van der Waals surface area (Å²) in [6, 6.07) is 13.8. The molecule has 110 valence electrons. The number of carbonyl (C=O) groups is 2. The number of fused-ring (bicyclic) bond motifs is 1. The zero-order chi connectivity index (χ0) is 15.2. The second-order valence-electron chi connectivity index (χ2n) is 5.26. The Morgan fingerprint density at radius 1 is 1.14 bits per heavy atom. The van der Waals surface area contributed by atoms with Gasteiger partial charge in [-0.25, -0.2) is 0 Å². The van der Waals surface area contributed by atoms with Crippen LogP contribution in [0.1, 0.15) is 25.3 Å². The Kier molecular flexibility index (Phi) is 4.93. The second-order valence-corrected chi connectivity index (χ2v) is 5.26. The highest BCUT2D eigenvalue weighted by atomic mass is 16.4. The van der Waals surface area contributed by atoms with E-state index in [1.165, 1.54) is 0 Å². The Bertz CT molecular complexity index is 651. The van der Waals surface area contributed by atoms with Crippen molar-refractivity contribution in [1.82, 2.24) is 5.32 Å². The molecule has 0 saturated heterocycles. The second kappa shape index (κ2) is 6.88. The molecule has 1 amide bonds. The van der Waals surface area contributed by atoms with E-state index in [1.807, 2.05) is 49.4 Å². The molecule has 0 radical (unpaired) electrons. The van der Waals surface area contributed by atoms with E-state index in [9.17, 15) is 9.59 Å². The zero-order valence-corrected chi connectivity index (χ0v) is 12.0. The molecular formula is C17H19NO3. The number of carboxylic acids is 1. The van der Waals surface area contributed by atoms with Gasteiger partial charge in [0.15, 0.2) is 0 Å². The van der Waals surface area contributed by atoms with Crippen LogP contribution in [0.5, 0.6) is 0 Å². The molecule has 4 heteroatoms. The van der Waals surface area contributed by atoms with Crippen LogP contribution in [0.15, 0.2) is 42.5 Å². The Morgan fingerprint density at radius 2 is 1.86 bits per heavy atom. The number of amides is 1. The standard InChI is InChI=1S/C17H19NO3/c1-12(6-9-17(20)21)18-16(19)11-13-7-8-14-4-2-3-5-15(14)10-13/h2-5,7-8,10,12H,6,9,11H2,1H3,(H,18,19)(H,20,21). The lowest BCUT2D eigenvalue weighted by molar-refractivity contribution is -0.137. The van der Waals surface area contributed by atoms with E-state index >= 15 is 0 Å². The van der Waals surface area contributed by atoms with Gasteiger partial charge in [0.05, 0.1) is 6.42 Å². The number of hydrogen-bond acceptors (Lipinski definition) is 2. The molecular weight excluding hydrogens is 266 g/mol. The van der Waals surface area contributed by atoms with E-state index in [-0.39, 0.29) is 18.4 Å². The monoisotopic (exact) mass is 285 g/mol. The third-order valence-electron chi connectivity index (χ3n) is 3.38. The SMILES string of the molecule is CC(CCC(=O)O)NC(=O)Cc1ccc2ccccc2c1.